The van der Waals surface area contributed by atoms with Crippen LogP contribution in [0.5, 0.6) is 23.0 Å². The van der Waals surface area contributed by atoms with Crippen molar-refractivity contribution < 1.29 is 79.5 Å². The van der Waals surface area contributed by atoms with Crippen LogP contribution in [-0.4, -0.2) is 153 Å². The second-order valence-electron chi connectivity index (χ2n) is 12.9. The molecule has 2 heterocycles. The van der Waals surface area contributed by atoms with Crippen LogP contribution in [0.4, 0.5) is 0 Å². The topological polar surface area (TPSA) is 258 Å². The molecule has 0 saturated carbocycles. The first-order chi connectivity index (χ1) is 23.8. The zero-order valence-electron chi connectivity index (χ0n) is 28.1. The minimum atomic E-state index is -1.65. The third kappa shape index (κ3) is 9.33. The lowest BCUT2D eigenvalue weighted by atomic mass is 9.77. The molecule has 2 fully saturated rings. The Labute approximate surface area is 289 Å². The second kappa shape index (κ2) is 18.1. The number of methoxy groups -OCH3 is 2. The van der Waals surface area contributed by atoms with E-state index in [0.29, 0.717) is 12.8 Å². The van der Waals surface area contributed by atoms with Crippen LogP contribution in [0.3, 0.4) is 0 Å². The van der Waals surface area contributed by atoms with Crippen LogP contribution >= 0.6 is 0 Å². The number of benzene rings is 2. The van der Waals surface area contributed by atoms with Crippen molar-refractivity contribution in [3.8, 4) is 23.0 Å². The molecule has 0 amide bonds. The predicted molar refractivity (Wildman–Crippen MR) is 172 cm³/mol. The maximum atomic E-state index is 10.6. The number of phenolic OH excluding ortho intramolecular Hbond substituents is 2. The molecular weight excluding hydrogens is 664 g/mol. The molecule has 12 atom stereocenters. The fraction of sp³-hybridized carbons (Fsp3) is 0.647. The maximum Gasteiger partial charge on any atom is 0.186 e. The lowest BCUT2D eigenvalue weighted by Gasteiger charge is -2.41. The third-order valence-corrected chi connectivity index (χ3v) is 9.62. The summed E-state index contributed by atoms with van der Waals surface area (Å²) in [5, 5.41) is 102. The number of aliphatic hydroxyl groups excluding tert-OH is 8. The van der Waals surface area contributed by atoms with Gasteiger partial charge < -0.3 is 79.5 Å². The molecule has 0 aromatic heterocycles. The van der Waals surface area contributed by atoms with E-state index in [1.54, 1.807) is 24.3 Å². The third-order valence-electron chi connectivity index (χ3n) is 9.62. The largest absolute Gasteiger partial charge is 0.504 e. The van der Waals surface area contributed by atoms with E-state index in [1.165, 1.54) is 26.4 Å². The van der Waals surface area contributed by atoms with Crippen LogP contribution in [-0.2, 0) is 31.8 Å². The van der Waals surface area contributed by atoms with Gasteiger partial charge in [-0.15, -0.1) is 0 Å². The molecule has 282 valence electrons. The van der Waals surface area contributed by atoms with E-state index in [1.807, 2.05) is 6.92 Å². The van der Waals surface area contributed by atoms with Gasteiger partial charge in [0.2, 0.25) is 0 Å². The molecule has 16 heteroatoms. The quantitative estimate of drug-likeness (QED) is 0.0940. The summed E-state index contributed by atoms with van der Waals surface area (Å²) in [7, 11) is 2.83. The Morgan fingerprint density at radius 3 is 1.32 bits per heavy atom. The van der Waals surface area contributed by atoms with Crippen LogP contribution in [0.1, 0.15) is 18.1 Å². The number of aromatic hydroxyl groups is 2. The summed E-state index contributed by atoms with van der Waals surface area (Å²) in [5.41, 5.74) is 1.49. The van der Waals surface area contributed by atoms with Gasteiger partial charge in [-0.3, -0.25) is 0 Å². The lowest BCUT2D eigenvalue weighted by molar-refractivity contribution is -0.306. The normalized spacial score (nSPS) is 31.4. The molecule has 2 aromatic rings. The highest BCUT2D eigenvalue weighted by Gasteiger charge is 2.46. The molecule has 2 aromatic carbocycles. The first-order valence-corrected chi connectivity index (χ1v) is 16.4. The van der Waals surface area contributed by atoms with Crippen molar-refractivity contribution >= 4 is 0 Å². The van der Waals surface area contributed by atoms with Crippen molar-refractivity contribution in [1.29, 1.82) is 0 Å². The van der Waals surface area contributed by atoms with Crippen molar-refractivity contribution in [3.05, 3.63) is 47.5 Å². The number of hydrogen-bond acceptors (Lipinski definition) is 16. The Bertz CT molecular complexity index is 1240. The van der Waals surface area contributed by atoms with Crippen molar-refractivity contribution in [2.75, 3.05) is 40.6 Å². The van der Waals surface area contributed by atoms with Gasteiger partial charge in [-0.1, -0.05) is 19.1 Å². The van der Waals surface area contributed by atoms with E-state index in [9.17, 15) is 51.1 Å². The average molecular weight is 715 g/mol. The predicted octanol–water partition coefficient (Wildman–Crippen LogP) is -1.60. The Kier molecular flexibility index (Phi) is 14.4. The molecule has 50 heavy (non-hydrogen) atoms. The van der Waals surface area contributed by atoms with E-state index in [-0.39, 0.29) is 42.1 Å². The number of hydrogen-bond donors (Lipinski definition) is 10. The molecule has 0 radical (unpaired) electrons. The van der Waals surface area contributed by atoms with Gasteiger partial charge in [-0.2, -0.15) is 0 Å². The second-order valence-corrected chi connectivity index (χ2v) is 12.9. The average Bonchev–Trinajstić information content (AvgIpc) is 3.12. The summed E-state index contributed by atoms with van der Waals surface area (Å²) >= 11 is 0. The molecular formula is C34H50O16. The van der Waals surface area contributed by atoms with E-state index < -0.39 is 86.5 Å². The molecule has 10 N–H and O–H groups in total. The summed E-state index contributed by atoms with van der Waals surface area (Å²) in [6, 6.07) is 9.69. The van der Waals surface area contributed by atoms with Crippen LogP contribution in [0.25, 0.3) is 0 Å². The summed E-state index contributed by atoms with van der Waals surface area (Å²) in [5.74, 6) is -0.830. The minimum Gasteiger partial charge on any atom is -0.504 e. The fourth-order valence-electron chi connectivity index (χ4n) is 6.33. The van der Waals surface area contributed by atoms with Gasteiger partial charge in [0.15, 0.2) is 35.6 Å². The summed E-state index contributed by atoms with van der Waals surface area (Å²) in [6.07, 6.45) is -14.2. The van der Waals surface area contributed by atoms with Gasteiger partial charge in [-0.25, -0.2) is 0 Å². The van der Waals surface area contributed by atoms with Crippen molar-refractivity contribution in [2.45, 2.75) is 81.2 Å². The van der Waals surface area contributed by atoms with Crippen LogP contribution < -0.4 is 9.47 Å². The van der Waals surface area contributed by atoms with Crippen LogP contribution in [0, 0.1) is 17.8 Å². The standard InChI is InChI=1S/C34H50O16/c1-16(19(8-17-4-6-21(37)23(10-17)45-2)14-47-33-31(43)29(41)27(39)25(12-35)49-33)20(9-18-5-7-22(38)24(11-18)46-3)15-48-34-32(44)30(42)28(40)26(13-36)50-34/h4-7,10-11,16,19-20,25-44H,8-9,12-15H2,1-3H3/t19-,20-,25-,26-,27-,28-,29+,30+,31-,32-,33-,34-/m1/s1. The molecule has 2 saturated heterocycles. The molecule has 2 aliphatic rings. The van der Waals surface area contributed by atoms with Gasteiger partial charge in [0, 0.05) is 0 Å². The van der Waals surface area contributed by atoms with E-state index in [2.05, 4.69) is 0 Å². The zero-order chi connectivity index (χ0) is 36.7. The molecule has 16 nitrogen and oxygen atoms in total. The van der Waals surface area contributed by atoms with Gasteiger partial charge in [0.05, 0.1) is 40.6 Å². The Morgan fingerprint density at radius 2 is 0.980 bits per heavy atom. The number of phenols is 2. The van der Waals surface area contributed by atoms with Gasteiger partial charge in [-0.05, 0) is 66.0 Å². The zero-order valence-corrected chi connectivity index (χ0v) is 28.1. The number of rotatable bonds is 16. The van der Waals surface area contributed by atoms with Gasteiger partial charge in [0.1, 0.15) is 48.8 Å². The molecule has 0 bridgehead atoms. The van der Waals surface area contributed by atoms with Crippen LogP contribution in [0.15, 0.2) is 36.4 Å². The first kappa shape index (κ1) is 39.9. The Balaban J connectivity index is 1.64. The van der Waals surface area contributed by atoms with Crippen molar-refractivity contribution in [3.63, 3.8) is 0 Å². The maximum absolute atomic E-state index is 10.6. The van der Waals surface area contributed by atoms with Crippen molar-refractivity contribution in [1.82, 2.24) is 0 Å². The SMILES string of the molecule is COc1cc(C[C@H](CO[C@@H]2O[C@H](CO)[C@@H](O)[C@H](O)[C@H]2O)C(C)[C@@H](CO[C@@H]2O[C@H](CO)[C@@H](O)[C@H](O)[C@H]2O)Cc2ccc(O)c(OC)c2)ccc1O. The van der Waals surface area contributed by atoms with Gasteiger partial charge >= 0.3 is 0 Å². The fourth-order valence-corrected chi connectivity index (χ4v) is 6.33. The van der Waals surface area contributed by atoms with Crippen molar-refractivity contribution in [2.24, 2.45) is 17.8 Å². The van der Waals surface area contributed by atoms with Crippen LogP contribution in [0.2, 0.25) is 0 Å². The Hall–Kier alpha value is -2.84. The summed E-state index contributed by atoms with van der Waals surface area (Å²) in [4.78, 5) is 0. The number of ether oxygens (including phenoxy) is 6. The smallest absolute Gasteiger partial charge is 0.186 e. The van der Waals surface area contributed by atoms with E-state index >= 15 is 0 Å². The summed E-state index contributed by atoms with van der Waals surface area (Å²) < 4.78 is 33.8. The first-order valence-electron chi connectivity index (χ1n) is 16.4. The van der Waals surface area contributed by atoms with E-state index in [4.69, 9.17) is 28.4 Å². The number of aliphatic hydroxyl groups is 8. The highest BCUT2D eigenvalue weighted by atomic mass is 16.7. The highest BCUT2D eigenvalue weighted by Crippen LogP contribution is 2.35. The molecule has 0 unspecified atom stereocenters. The van der Waals surface area contributed by atoms with E-state index in [0.717, 1.165) is 11.1 Å². The minimum absolute atomic E-state index is 0.0644. The molecule has 4 rings (SSSR count). The Morgan fingerprint density at radius 1 is 0.600 bits per heavy atom. The highest BCUT2D eigenvalue weighted by molar-refractivity contribution is 5.42. The van der Waals surface area contributed by atoms with Gasteiger partial charge in [0.25, 0.3) is 0 Å². The summed E-state index contributed by atoms with van der Waals surface area (Å²) in [6.45, 7) is 0.486. The molecule has 0 spiro atoms. The molecule has 0 aliphatic carbocycles. The molecule has 2 aliphatic heterocycles. The lowest BCUT2D eigenvalue weighted by Crippen LogP contribution is -2.59. The monoisotopic (exact) mass is 714 g/mol.